The van der Waals surface area contributed by atoms with E-state index in [-0.39, 0.29) is 0 Å². The number of hydrogen-bond acceptors (Lipinski definition) is 3. The first-order valence-corrected chi connectivity index (χ1v) is 8.73. The zero-order valence-corrected chi connectivity index (χ0v) is 15.5. The summed E-state index contributed by atoms with van der Waals surface area (Å²) < 4.78 is 11.4. The molecule has 0 spiro atoms. The second kappa shape index (κ2) is 8.69. The number of fused-ring (bicyclic) bond motifs is 1. The van der Waals surface area contributed by atoms with Gasteiger partial charge in [0.05, 0.1) is 0 Å². The summed E-state index contributed by atoms with van der Waals surface area (Å²) in [6, 6.07) is 13.8. The molecule has 25 heavy (non-hydrogen) atoms. The molecule has 2 aromatic carbocycles. The molecule has 2 rings (SSSR count). The smallest absolute Gasteiger partial charge is 0.344 e. The summed E-state index contributed by atoms with van der Waals surface area (Å²) in [5, 5.41) is 2.05. The molecular formula is C22H26O3. The summed E-state index contributed by atoms with van der Waals surface area (Å²) in [4.78, 5) is 13.0. The molecule has 0 saturated carbocycles. The van der Waals surface area contributed by atoms with Gasteiger partial charge in [-0.2, -0.15) is 0 Å². The zero-order chi connectivity index (χ0) is 18.3. The van der Waals surface area contributed by atoms with E-state index in [0.29, 0.717) is 0 Å². The normalized spacial score (nSPS) is 14.2. The molecule has 0 aromatic heterocycles. The van der Waals surface area contributed by atoms with Crippen LogP contribution >= 0.6 is 0 Å². The van der Waals surface area contributed by atoms with Crippen LogP contribution in [0.25, 0.3) is 10.8 Å². The molecule has 0 unspecified atom stereocenters. The van der Waals surface area contributed by atoms with Crippen molar-refractivity contribution in [1.29, 1.82) is 0 Å². The monoisotopic (exact) mass is 338 g/mol. The van der Waals surface area contributed by atoms with Gasteiger partial charge in [0.2, 0.25) is 0 Å². The molecule has 2 aromatic rings. The van der Waals surface area contributed by atoms with Gasteiger partial charge in [-0.1, -0.05) is 61.7 Å². The molecule has 0 amide bonds. The van der Waals surface area contributed by atoms with Crippen molar-refractivity contribution in [1.82, 2.24) is 0 Å². The fraction of sp³-hybridized carbons (Fsp3) is 0.409. The van der Waals surface area contributed by atoms with Gasteiger partial charge >= 0.3 is 5.97 Å². The van der Waals surface area contributed by atoms with E-state index in [4.69, 9.17) is 9.47 Å². The Balaban J connectivity index is 2.37. The molecular weight excluding hydrogens is 312 g/mol. The minimum atomic E-state index is -1.18. The number of methoxy groups -OCH3 is 1. The summed E-state index contributed by atoms with van der Waals surface area (Å²) in [7, 11) is 1.54. The zero-order valence-electron chi connectivity index (χ0n) is 15.5. The number of hydrogen-bond donors (Lipinski definition) is 0. The Bertz CT molecular complexity index is 779. The lowest BCUT2D eigenvalue weighted by Gasteiger charge is -2.29. The maximum absolute atomic E-state index is 13.0. The van der Waals surface area contributed by atoms with E-state index in [1.807, 2.05) is 42.5 Å². The Hall–Kier alpha value is -2.31. The lowest BCUT2D eigenvalue weighted by Crippen LogP contribution is -2.38. The lowest BCUT2D eigenvalue weighted by molar-refractivity contribution is -0.171. The number of ether oxygens (including phenoxy) is 2. The van der Waals surface area contributed by atoms with Crippen LogP contribution in [0.5, 0.6) is 0 Å². The number of rotatable bonds is 7. The highest BCUT2D eigenvalue weighted by molar-refractivity contribution is 5.92. The summed E-state index contributed by atoms with van der Waals surface area (Å²) in [6.45, 7) is 5.62. The molecule has 0 N–H and O–H groups in total. The van der Waals surface area contributed by atoms with E-state index in [1.165, 1.54) is 7.11 Å². The van der Waals surface area contributed by atoms with Crippen molar-refractivity contribution in [3.63, 3.8) is 0 Å². The largest absolute Gasteiger partial charge is 0.447 e. The van der Waals surface area contributed by atoms with Crippen LogP contribution in [0.15, 0.2) is 42.5 Å². The third kappa shape index (κ3) is 4.21. The first-order valence-electron chi connectivity index (χ1n) is 8.73. The molecule has 0 aliphatic rings. The predicted molar refractivity (Wildman–Crippen MR) is 101 cm³/mol. The van der Waals surface area contributed by atoms with E-state index in [0.717, 1.165) is 35.6 Å². The van der Waals surface area contributed by atoms with Gasteiger partial charge in [-0.25, -0.2) is 4.79 Å². The maximum atomic E-state index is 13.0. The van der Waals surface area contributed by atoms with Gasteiger partial charge in [0.15, 0.2) is 11.7 Å². The lowest BCUT2D eigenvalue weighted by atomic mass is 9.90. The standard InChI is InChI=1S/C22H26O3/c1-5-7-14-18(11-6-2)25-21(23)22(3,24-4)20-16-10-13-17-12-8-9-15-19(17)20/h8-10,12-13,15-16,18H,5,7,14H2,1-4H3/t18-,22+/m1/s1. The van der Waals surface area contributed by atoms with Crippen molar-refractivity contribution in [2.75, 3.05) is 7.11 Å². The molecule has 3 heteroatoms. The summed E-state index contributed by atoms with van der Waals surface area (Å²) >= 11 is 0. The van der Waals surface area contributed by atoms with Crippen molar-refractivity contribution in [2.24, 2.45) is 0 Å². The van der Waals surface area contributed by atoms with E-state index >= 15 is 0 Å². The fourth-order valence-electron chi connectivity index (χ4n) is 2.90. The van der Waals surface area contributed by atoms with Gasteiger partial charge in [-0.15, -0.1) is 5.92 Å². The van der Waals surface area contributed by atoms with Crippen molar-refractivity contribution >= 4 is 16.7 Å². The fourth-order valence-corrected chi connectivity index (χ4v) is 2.90. The molecule has 0 fully saturated rings. The molecule has 132 valence electrons. The highest BCUT2D eigenvalue weighted by atomic mass is 16.6. The van der Waals surface area contributed by atoms with E-state index in [1.54, 1.807) is 13.8 Å². The van der Waals surface area contributed by atoms with Crippen LogP contribution in [0.1, 0.15) is 45.6 Å². The number of unbranched alkanes of at least 4 members (excludes halogenated alkanes) is 1. The van der Waals surface area contributed by atoms with Crippen LogP contribution in [0.3, 0.4) is 0 Å². The topological polar surface area (TPSA) is 35.5 Å². The average Bonchev–Trinajstić information content (AvgIpc) is 2.65. The van der Waals surface area contributed by atoms with Crippen molar-refractivity contribution in [3.8, 4) is 11.8 Å². The van der Waals surface area contributed by atoms with E-state index in [9.17, 15) is 4.79 Å². The van der Waals surface area contributed by atoms with Gasteiger partial charge in [0, 0.05) is 12.7 Å². The van der Waals surface area contributed by atoms with Gasteiger partial charge in [0.1, 0.15) is 0 Å². The van der Waals surface area contributed by atoms with Gasteiger partial charge in [-0.05, 0) is 37.5 Å². The number of carbonyl (C=O) groups excluding carboxylic acids is 1. The quantitative estimate of drug-likeness (QED) is 0.536. The number of benzene rings is 2. The second-order valence-electron chi connectivity index (χ2n) is 6.19. The third-order valence-corrected chi connectivity index (χ3v) is 4.48. The molecule has 0 saturated heterocycles. The third-order valence-electron chi connectivity index (χ3n) is 4.48. The van der Waals surface area contributed by atoms with Crippen LogP contribution in [0.4, 0.5) is 0 Å². The summed E-state index contributed by atoms with van der Waals surface area (Å²) in [5.74, 6) is 5.43. The first-order chi connectivity index (χ1) is 12.1. The SMILES string of the molecule is CC#C[C@H](CCCC)OC(=O)[C@@](C)(OC)c1cccc2ccccc12. The van der Waals surface area contributed by atoms with Gasteiger partial charge in [0.25, 0.3) is 0 Å². The molecule has 0 radical (unpaired) electrons. The van der Waals surface area contributed by atoms with Crippen molar-refractivity contribution in [3.05, 3.63) is 48.0 Å². The van der Waals surface area contributed by atoms with Crippen LogP contribution < -0.4 is 0 Å². The van der Waals surface area contributed by atoms with E-state index < -0.39 is 17.7 Å². The molecule has 0 aliphatic carbocycles. The van der Waals surface area contributed by atoms with Crippen LogP contribution in [-0.2, 0) is 19.9 Å². The Morgan fingerprint density at radius 1 is 1.20 bits per heavy atom. The van der Waals surface area contributed by atoms with Gasteiger partial charge in [-0.3, -0.25) is 0 Å². The first kappa shape index (κ1) is 19.0. The Morgan fingerprint density at radius 2 is 1.92 bits per heavy atom. The maximum Gasteiger partial charge on any atom is 0.344 e. The minimum Gasteiger partial charge on any atom is -0.447 e. The highest BCUT2D eigenvalue weighted by Crippen LogP contribution is 2.33. The van der Waals surface area contributed by atoms with Gasteiger partial charge < -0.3 is 9.47 Å². The summed E-state index contributed by atoms with van der Waals surface area (Å²) in [5.41, 5.74) is -0.377. The summed E-state index contributed by atoms with van der Waals surface area (Å²) in [6.07, 6.45) is 2.33. The minimum absolute atomic E-state index is 0.401. The van der Waals surface area contributed by atoms with Crippen LogP contribution in [-0.4, -0.2) is 19.2 Å². The number of esters is 1. The second-order valence-corrected chi connectivity index (χ2v) is 6.19. The van der Waals surface area contributed by atoms with Crippen molar-refractivity contribution in [2.45, 2.75) is 51.7 Å². The molecule has 3 nitrogen and oxygen atoms in total. The van der Waals surface area contributed by atoms with Crippen LogP contribution in [0, 0.1) is 11.8 Å². The highest BCUT2D eigenvalue weighted by Gasteiger charge is 2.39. The number of carbonyl (C=O) groups is 1. The Morgan fingerprint density at radius 3 is 2.60 bits per heavy atom. The predicted octanol–water partition coefficient (Wildman–Crippen LogP) is 4.83. The molecule has 2 atom stereocenters. The van der Waals surface area contributed by atoms with E-state index in [2.05, 4.69) is 18.8 Å². The molecule has 0 heterocycles. The Labute approximate surface area is 150 Å². The average molecular weight is 338 g/mol. The molecule has 0 aliphatic heterocycles. The van der Waals surface area contributed by atoms with Crippen molar-refractivity contribution < 1.29 is 14.3 Å². The van der Waals surface area contributed by atoms with Crippen LogP contribution in [0.2, 0.25) is 0 Å². The molecule has 0 bridgehead atoms. The Kier molecular flexibility index (Phi) is 6.61.